The lowest BCUT2D eigenvalue weighted by Crippen LogP contribution is -2.32. The molecule has 1 unspecified atom stereocenters. The lowest BCUT2D eigenvalue weighted by Gasteiger charge is -2.13. The Labute approximate surface area is 103 Å². The van der Waals surface area contributed by atoms with Gasteiger partial charge in [0.15, 0.2) is 5.92 Å². The minimum absolute atomic E-state index is 0.338. The van der Waals surface area contributed by atoms with Gasteiger partial charge in [0.2, 0.25) is 0 Å². The van der Waals surface area contributed by atoms with Crippen molar-refractivity contribution in [1.29, 1.82) is 5.26 Å². The molecule has 7 heteroatoms. The van der Waals surface area contributed by atoms with Gasteiger partial charge in [-0.15, -0.1) is 11.3 Å². The third kappa shape index (κ3) is 4.12. The lowest BCUT2D eigenvalue weighted by atomic mass is 10.1. The van der Waals surface area contributed by atoms with Crippen LogP contribution in [-0.4, -0.2) is 12.7 Å². The quantitative estimate of drug-likeness (QED) is 0.926. The topological polar surface area (TPSA) is 35.8 Å². The van der Waals surface area contributed by atoms with Gasteiger partial charge in [-0.25, -0.2) is 0 Å². The van der Waals surface area contributed by atoms with E-state index in [2.05, 4.69) is 21.2 Å². The van der Waals surface area contributed by atoms with E-state index in [1.807, 2.05) is 11.4 Å². The Balaban J connectivity index is 2.38. The Morgan fingerprint density at radius 2 is 2.25 bits per heavy atom. The maximum Gasteiger partial charge on any atom is 0.405 e. The van der Waals surface area contributed by atoms with Crippen LogP contribution in [0.3, 0.4) is 0 Å². The SMILES string of the molecule is N#CC(CNCc1cc(Br)cs1)C(F)(F)F. The van der Waals surface area contributed by atoms with Crippen molar-refractivity contribution < 1.29 is 13.2 Å². The van der Waals surface area contributed by atoms with Crippen molar-refractivity contribution in [3.05, 3.63) is 20.8 Å². The maximum atomic E-state index is 12.2. The zero-order chi connectivity index (χ0) is 12.2. The van der Waals surface area contributed by atoms with Crippen LogP contribution in [0.5, 0.6) is 0 Å². The van der Waals surface area contributed by atoms with Gasteiger partial charge >= 0.3 is 6.18 Å². The molecule has 0 fully saturated rings. The molecule has 1 atom stereocenters. The Bertz CT molecular complexity index is 383. The normalized spacial score (nSPS) is 13.4. The Kier molecular flexibility index (Phi) is 4.77. The van der Waals surface area contributed by atoms with Crippen LogP contribution in [0.4, 0.5) is 13.2 Å². The fourth-order valence-corrected chi connectivity index (χ4v) is 2.44. The van der Waals surface area contributed by atoms with Gasteiger partial charge in [-0.1, -0.05) is 0 Å². The first-order valence-corrected chi connectivity index (χ1v) is 6.00. The van der Waals surface area contributed by atoms with E-state index >= 15 is 0 Å². The van der Waals surface area contributed by atoms with Gasteiger partial charge in [-0.2, -0.15) is 18.4 Å². The molecule has 0 aliphatic heterocycles. The van der Waals surface area contributed by atoms with Crippen LogP contribution in [-0.2, 0) is 6.54 Å². The first kappa shape index (κ1) is 13.5. The minimum atomic E-state index is -4.46. The van der Waals surface area contributed by atoms with Crippen molar-refractivity contribution in [3.63, 3.8) is 0 Å². The summed E-state index contributed by atoms with van der Waals surface area (Å²) in [6, 6.07) is 3.07. The smallest absolute Gasteiger partial charge is 0.310 e. The van der Waals surface area contributed by atoms with Crippen molar-refractivity contribution in [2.24, 2.45) is 5.92 Å². The van der Waals surface area contributed by atoms with E-state index in [9.17, 15) is 13.2 Å². The number of nitrogens with zero attached hydrogens (tertiary/aromatic N) is 1. The Morgan fingerprint density at radius 1 is 1.56 bits per heavy atom. The van der Waals surface area contributed by atoms with Crippen molar-refractivity contribution in [2.75, 3.05) is 6.54 Å². The molecule has 1 aromatic heterocycles. The van der Waals surface area contributed by atoms with Gasteiger partial charge in [0.25, 0.3) is 0 Å². The highest BCUT2D eigenvalue weighted by Gasteiger charge is 2.39. The molecule has 1 rings (SSSR count). The second-order valence-electron chi connectivity index (χ2n) is 3.09. The summed E-state index contributed by atoms with van der Waals surface area (Å²) < 4.78 is 37.5. The first-order chi connectivity index (χ1) is 7.43. The van der Waals surface area contributed by atoms with Gasteiger partial charge in [0.05, 0.1) is 6.07 Å². The van der Waals surface area contributed by atoms with Crippen LogP contribution in [0.2, 0.25) is 0 Å². The summed E-state index contributed by atoms with van der Waals surface area (Å²) in [6.07, 6.45) is -4.46. The van der Waals surface area contributed by atoms with E-state index in [-0.39, 0.29) is 6.54 Å². The summed E-state index contributed by atoms with van der Waals surface area (Å²) >= 11 is 4.69. The molecule has 0 aliphatic carbocycles. The zero-order valence-electron chi connectivity index (χ0n) is 8.01. The van der Waals surface area contributed by atoms with Crippen molar-refractivity contribution in [1.82, 2.24) is 5.32 Å². The fraction of sp³-hybridized carbons (Fsp3) is 0.444. The number of alkyl halides is 3. The molecular weight excluding hydrogens is 305 g/mol. The van der Waals surface area contributed by atoms with Gasteiger partial charge in [-0.05, 0) is 22.0 Å². The Morgan fingerprint density at radius 3 is 2.69 bits per heavy atom. The molecule has 1 heterocycles. The van der Waals surface area contributed by atoms with Crippen molar-refractivity contribution >= 4 is 27.3 Å². The zero-order valence-corrected chi connectivity index (χ0v) is 10.4. The van der Waals surface area contributed by atoms with E-state index in [1.54, 1.807) is 0 Å². The van der Waals surface area contributed by atoms with E-state index < -0.39 is 12.1 Å². The van der Waals surface area contributed by atoms with E-state index in [0.29, 0.717) is 6.54 Å². The van der Waals surface area contributed by atoms with Crippen LogP contribution < -0.4 is 5.32 Å². The molecule has 0 spiro atoms. The number of rotatable bonds is 4. The first-order valence-electron chi connectivity index (χ1n) is 4.33. The molecule has 0 amide bonds. The van der Waals surface area contributed by atoms with E-state index in [0.717, 1.165) is 9.35 Å². The average Bonchev–Trinajstić information content (AvgIpc) is 2.57. The summed E-state index contributed by atoms with van der Waals surface area (Å²) in [5.74, 6) is -1.95. The summed E-state index contributed by atoms with van der Waals surface area (Å²) in [5, 5.41) is 12.8. The molecular formula is C9H8BrF3N2S. The molecule has 0 saturated carbocycles. The summed E-state index contributed by atoms with van der Waals surface area (Å²) in [6.45, 7) is -0.0416. The molecule has 0 radical (unpaired) electrons. The van der Waals surface area contributed by atoms with Gasteiger partial charge in [-0.3, -0.25) is 0 Å². The molecule has 0 aliphatic rings. The third-order valence-corrected chi connectivity index (χ3v) is 3.52. The number of hydrogen-bond acceptors (Lipinski definition) is 3. The molecule has 1 N–H and O–H groups in total. The minimum Gasteiger partial charge on any atom is -0.310 e. The molecule has 0 aromatic carbocycles. The highest BCUT2D eigenvalue weighted by molar-refractivity contribution is 9.10. The lowest BCUT2D eigenvalue weighted by molar-refractivity contribution is -0.157. The van der Waals surface area contributed by atoms with Crippen molar-refractivity contribution in [2.45, 2.75) is 12.7 Å². The number of thiophene rings is 1. The number of halogens is 4. The standard InChI is InChI=1S/C9H8BrF3N2S/c10-7-1-8(16-5-7)4-15-3-6(2-14)9(11,12)13/h1,5-6,15H,3-4H2. The molecule has 0 saturated heterocycles. The van der Waals surface area contributed by atoms with Crippen LogP contribution in [0.1, 0.15) is 4.88 Å². The second kappa shape index (κ2) is 5.66. The van der Waals surface area contributed by atoms with Crippen molar-refractivity contribution in [3.8, 4) is 6.07 Å². The number of nitrogens with one attached hydrogen (secondary N) is 1. The van der Waals surface area contributed by atoms with E-state index in [1.165, 1.54) is 17.4 Å². The third-order valence-electron chi connectivity index (χ3n) is 1.82. The summed E-state index contributed by atoms with van der Waals surface area (Å²) in [7, 11) is 0. The van der Waals surface area contributed by atoms with Gasteiger partial charge < -0.3 is 5.32 Å². The molecule has 1 aromatic rings. The maximum absolute atomic E-state index is 12.2. The fourth-order valence-electron chi connectivity index (χ4n) is 1.02. The average molecular weight is 313 g/mol. The Hall–Kier alpha value is -0.580. The largest absolute Gasteiger partial charge is 0.405 e. The van der Waals surface area contributed by atoms with Crippen LogP contribution >= 0.6 is 27.3 Å². The number of nitriles is 1. The predicted molar refractivity (Wildman–Crippen MR) is 58.9 cm³/mol. The number of hydrogen-bond donors (Lipinski definition) is 1. The molecule has 88 valence electrons. The summed E-state index contributed by atoms with van der Waals surface area (Å²) in [5.41, 5.74) is 0. The molecule has 0 bridgehead atoms. The summed E-state index contributed by atoms with van der Waals surface area (Å²) in [4.78, 5) is 0.922. The monoisotopic (exact) mass is 312 g/mol. The van der Waals surface area contributed by atoms with Crippen LogP contribution in [0.15, 0.2) is 15.9 Å². The van der Waals surface area contributed by atoms with Crippen LogP contribution in [0.25, 0.3) is 0 Å². The second-order valence-corrected chi connectivity index (χ2v) is 5.00. The molecule has 16 heavy (non-hydrogen) atoms. The highest BCUT2D eigenvalue weighted by Crippen LogP contribution is 2.25. The van der Waals surface area contributed by atoms with Gasteiger partial charge in [0.1, 0.15) is 0 Å². The highest BCUT2D eigenvalue weighted by atomic mass is 79.9. The van der Waals surface area contributed by atoms with E-state index in [4.69, 9.17) is 5.26 Å². The van der Waals surface area contributed by atoms with Crippen LogP contribution in [0, 0.1) is 17.2 Å². The molecule has 2 nitrogen and oxygen atoms in total. The van der Waals surface area contributed by atoms with Gasteiger partial charge in [0, 0.05) is 27.8 Å². The predicted octanol–water partition coefficient (Wildman–Crippen LogP) is 3.30.